The topological polar surface area (TPSA) is 61.8 Å². The lowest BCUT2D eigenvalue weighted by Gasteiger charge is -2.34. The lowest BCUT2D eigenvalue weighted by Crippen LogP contribution is -2.57. The van der Waals surface area contributed by atoms with Gasteiger partial charge in [-0.1, -0.05) is 84.9 Å². The monoisotopic (exact) mass is 554 g/mol. The molecule has 200 valence electrons. The largest absolute Gasteiger partial charge is 0.457 e. The molecule has 0 atom stereocenters. The molecule has 39 heavy (non-hydrogen) atoms. The normalized spacial score (nSPS) is 11.6. The zero-order valence-electron chi connectivity index (χ0n) is 22.8. The maximum Gasteiger partial charge on any atom is 0.338 e. The second-order valence-electron chi connectivity index (χ2n) is 10.4. The van der Waals surface area contributed by atoms with Crippen LogP contribution < -0.4 is 10.4 Å². The van der Waals surface area contributed by atoms with E-state index in [4.69, 9.17) is 13.6 Å². The second-order valence-corrected chi connectivity index (χ2v) is 18.4. The molecule has 0 aliphatic rings. The van der Waals surface area contributed by atoms with Crippen molar-refractivity contribution in [2.75, 3.05) is 0 Å². The summed E-state index contributed by atoms with van der Waals surface area (Å²) in [4.78, 5) is 25.0. The lowest BCUT2D eigenvalue weighted by atomic mass is 10.2. The summed E-state index contributed by atoms with van der Waals surface area (Å²) in [5, 5.41) is 2.20. The summed E-state index contributed by atoms with van der Waals surface area (Å²) in [5.74, 6) is -0.689. The van der Waals surface area contributed by atoms with Crippen LogP contribution in [0.4, 0.5) is 0 Å². The van der Waals surface area contributed by atoms with Gasteiger partial charge in [0.25, 0.3) is 0 Å². The fraction of sp³-hybridized carbons (Fsp3) is 0.188. The van der Waals surface area contributed by atoms with Crippen molar-refractivity contribution in [1.29, 1.82) is 0 Å². The molecule has 0 heterocycles. The number of carbonyl (C=O) groups is 2. The van der Waals surface area contributed by atoms with Crippen LogP contribution in [0.5, 0.6) is 0 Å². The predicted molar refractivity (Wildman–Crippen MR) is 159 cm³/mol. The molecule has 0 saturated heterocycles. The van der Waals surface area contributed by atoms with Crippen molar-refractivity contribution >= 4 is 38.9 Å². The van der Waals surface area contributed by atoms with E-state index in [9.17, 15) is 9.59 Å². The molecule has 0 aliphatic carbocycles. The number of ether oxygens (including phenoxy) is 2. The van der Waals surface area contributed by atoms with E-state index in [1.54, 1.807) is 0 Å². The van der Waals surface area contributed by atoms with Gasteiger partial charge in [0.05, 0.1) is 11.1 Å². The Kier molecular flexibility index (Phi) is 8.96. The maximum atomic E-state index is 12.5. The fourth-order valence-electron chi connectivity index (χ4n) is 4.38. The molecule has 0 bridgehead atoms. The number of esters is 2. The van der Waals surface area contributed by atoms with Gasteiger partial charge in [0.1, 0.15) is 13.2 Å². The van der Waals surface area contributed by atoms with E-state index < -0.39 is 16.6 Å². The standard InChI is InChI=1S/C32H34O5Si2/c1-38(2,29-19-15-27(16-20-29)31(33)35-23-25-11-7-5-8-12-25)37-39(3,4)30-21-17-28(18-22-30)32(34)36-24-26-13-9-6-10-14-26/h5-22H,23-24H2,1-4H3. The number of carbonyl (C=O) groups excluding carboxylic acids is 2. The summed E-state index contributed by atoms with van der Waals surface area (Å²) in [5.41, 5.74) is 2.94. The molecule has 4 aromatic carbocycles. The average Bonchev–Trinajstić information content (AvgIpc) is 2.95. The summed E-state index contributed by atoms with van der Waals surface area (Å²) >= 11 is 0. The van der Waals surface area contributed by atoms with Gasteiger partial charge in [0, 0.05) is 0 Å². The first kappa shape index (κ1) is 28.2. The van der Waals surface area contributed by atoms with Gasteiger partial charge in [-0.15, -0.1) is 0 Å². The van der Waals surface area contributed by atoms with Crippen LogP contribution in [0.3, 0.4) is 0 Å². The molecule has 0 fully saturated rings. The smallest absolute Gasteiger partial charge is 0.338 e. The Morgan fingerprint density at radius 2 is 0.846 bits per heavy atom. The van der Waals surface area contributed by atoms with Gasteiger partial charge < -0.3 is 13.6 Å². The third kappa shape index (κ3) is 7.63. The number of benzene rings is 4. The minimum atomic E-state index is -2.29. The lowest BCUT2D eigenvalue weighted by molar-refractivity contribution is 0.0464. The molecule has 0 saturated carbocycles. The predicted octanol–water partition coefficient (Wildman–Crippen LogP) is 5.94. The molecular formula is C32H34O5Si2. The summed E-state index contributed by atoms with van der Waals surface area (Å²) < 4.78 is 17.8. The SMILES string of the molecule is C[Si](C)(O[Si](C)(C)c1ccc(C(=O)OCc2ccccc2)cc1)c1ccc(C(=O)OCc2ccccc2)cc1. The summed E-state index contributed by atoms with van der Waals surface area (Å²) in [6.45, 7) is 9.15. The number of hydrogen-bond donors (Lipinski definition) is 0. The molecule has 0 radical (unpaired) electrons. The minimum Gasteiger partial charge on any atom is -0.457 e. The molecule has 0 N–H and O–H groups in total. The van der Waals surface area contributed by atoms with E-state index in [1.165, 1.54) is 0 Å². The highest BCUT2D eigenvalue weighted by Gasteiger charge is 2.36. The van der Waals surface area contributed by atoms with E-state index in [-0.39, 0.29) is 25.2 Å². The van der Waals surface area contributed by atoms with Crippen LogP contribution in [0.2, 0.25) is 26.2 Å². The molecule has 4 rings (SSSR count). The van der Waals surface area contributed by atoms with Crippen LogP contribution >= 0.6 is 0 Å². The van der Waals surface area contributed by atoms with Crippen molar-refractivity contribution in [3.8, 4) is 0 Å². The van der Waals surface area contributed by atoms with E-state index in [1.807, 2.05) is 109 Å². The van der Waals surface area contributed by atoms with Gasteiger partial charge in [-0.2, -0.15) is 0 Å². The van der Waals surface area contributed by atoms with Crippen molar-refractivity contribution in [3.05, 3.63) is 131 Å². The average molecular weight is 555 g/mol. The first-order chi connectivity index (χ1) is 18.6. The third-order valence-electron chi connectivity index (χ3n) is 6.57. The molecule has 0 aliphatic heterocycles. The molecule has 7 heteroatoms. The molecule has 5 nitrogen and oxygen atoms in total. The van der Waals surface area contributed by atoms with Crippen molar-refractivity contribution in [2.45, 2.75) is 39.4 Å². The highest BCUT2D eigenvalue weighted by molar-refractivity contribution is 6.96. The number of hydrogen-bond acceptors (Lipinski definition) is 5. The van der Waals surface area contributed by atoms with Gasteiger partial charge in [0.2, 0.25) is 16.6 Å². The van der Waals surface area contributed by atoms with E-state index in [2.05, 4.69) is 26.2 Å². The van der Waals surface area contributed by atoms with Crippen LogP contribution in [0.1, 0.15) is 31.8 Å². The Balaban J connectivity index is 1.36. The van der Waals surface area contributed by atoms with E-state index in [0.717, 1.165) is 21.5 Å². The quantitative estimate of drug-likeness (QED) is 0.179. The second kappa shape index (κ2) is 12.4. The Bertz CT molecular complexity index is 1280. The Morgan fingerprint density at radius 3 is 1.18 bits per heavy atom. The Hall–Kier alpha value is -3.79. The molecular weight excluding hydrogens is 521 g/mol. The molecule has 0 amide bonds. The van der Waals surface area contributed by atoms with Gasteiger partial charge >= 0.3 is 11.9 Å². The molecule has 0 spiro atoms. The third-order valence-corrected chi connectivity index (χ3v) is 14.1. The Labute approximate surface area is 232 Å². The first-order valence-corrected chi connectivity index (χ1v) is 18.8. The van der Waals surface area contributed by atoms with E-state index in [0.29, 0.717) is 11.1 Å². The van der Waals surface area contributed by atoms with Crippen LogP contribution in [-0.2, 0) is 26.8 Å². The molecule has 0 aromatic heterocycles. The van der Waals surface area contributed by atoms with Gasteiger partial charge in [0.15, 0.2) is 0 Å². The first-order valence-electron chi connectivity index (χ1n) is 13.0. The van der Waals surface area contributed by atoms with Crippen LogP contribution in [0.25, 0.3) is 0 Å². The van der Waals surface area contributed by atoms with Crippen molar-refractivity contribution in [1.82, 2.24) is 0 Å². The highest BCUT2D eigenvalue weighted by Crippen LogP contribution is 2.17. The van der Waals surface area contributed by atoms with Gasteiger partial charge in [-0.05, 0) is 72.0 Å². The highest BCUT2D eigenvalue weighted by atomic mass is 28.4. The summed E-state index contributed by atoms with van der Waals surface area (Å²) in [7, 11) is -4.59. The number of rotatable bonds is 10. The summed E-state index contributed by atoms with van der Waals surface area (Å²) in [6.07, 6.45) is 0. The zero-order valence-corrected chi connectivity index (χ0v) is 24.8. The van der Waals surface area contributed by atoms with Crippen molar-refractivity contribution in [3.63, 3.8) is 0 Å². The van der Waals surface area contributed by atoms with Crippen molar-refractivity contribution < 1.29 is 23.2 Å². The van der Waals surface area contributed by atoms with Crippen LogP contribution in [-0.4, -0.2) is 28.6 Å². The minimum absolute atomic E-state index is 0.244. The molecule has 4 aromatic rings. The fourth-order valence-corrected chi connectivity index (χ4v) is 12.4. The van der Waals surface area contributed by atoms with E-state index >= 15 is 0 Å². The summed E-state index contributed by atoms with van der Waals surface area (Å²) in [6, 6.07) is 34.4. The zero-order chi connectivity index (χ0) is 27.9. The van der Waals surface area contributed by atoms with Crippen LogP contribution in [0.15, 0.2) is 109 Å². The van der Waals surface area contributed by atoms with Gasteiger partial charge in [-0.3, -0.25) is 0 Å². The van der Waals surface area contributed by atoms with Crippen molar-refractivity contribution in [2.24, 2.45) is 0 Å². The molecule has 0 unspecified atom stereocenters. The Morgan fingerprint density at radius 1 is 0.513 bits per heavy atom. The maximum absolute atomic E-state index is 12.5. The van der Waals surface area contributed by atoms with Gasteiger partial charge in [-0.25, -0.2) is 9.59 Å². The van der Waals surface area contributed by atoms with Crippen LogP contribution in [0, 0.1) is 0 Å².